The first kappa shape index (κ1) is 17.1. The van der Waals surface area contributed by atoms with Gasteiger partial charge in [-0.15, -0.1) is 0 Å². The Labute approximate surface area is 126 Å². The Balaban J connectivity index is 2.83. The van der Waals surface area contributed by atoms with Gasteiger partial charge in [-0.1, -0.05) is 38.2 Å². The Morgan fingerprint density at radius 2 is 1.95 bits per heavy atom. The summed E-state index contributed by atoms with van der Waals surface area (Å²) in [4.78, 5) is 0.383. The standard InChI is InChI=1S/C14H22N2O2S2/c1-10(2)7-8-11(3)16-20(17,18)13-6-4-5-12(9-13)14(15)19/h4-6,9-11,16H,7-8H2,1-3H3,(H2,15,19). The molecule has 1 aromatic carbocycles. The first-order valence-electron chi connectivity index (χ1n) is 6.64. The third-order valence-electron chi connectivity index (χ3n) is 2.96. The first-order valence-corrected chi connectivity index (χ1v) is 8.53. The van der Waals surface area contributed by atoms with E-state index in [1.165, 1.54) is 6.07 Å². The number of nitrogens with two attached hydrogens (primary N) is 1. The number of thiocarbonyl (C=S) groups is 1. The Morgan fingerprint density at radius 1 is 1.30 bits per heavy atom. The summed E-state index contributed by atoms with van der Waals surface area (Å²) in [6.45, 7) is 6.11. The smallest absolute Gasteiger partial charge is 0.240 e. The van der Waals surface area contributed by atoms with Crippen LogP contribution in [-0.4, -0.2) is 19.4 Å². The van der Waals surface area contributed by atoms with Gasteiger partial charge in [-0.05, 0) is 37.8 Å². The highest BCUT2D eigenvalue weighted by Crippen LogP contribution is 2.14. The average molecular weight is 314 g/mol. The molecule has 1 rings (SSSR count). The molecule has 0 spiro atoms. The summed E-state index contributed by atoms with van der Waals surface area (Å²) < 4.78 is 27.2. The molecule has 0 saturated heterocycles. The lowest BCUT2D eigenvalue weighted by Crippen LogP contribution is -2.33. The van der Waals surface area contributed by atoms with Gasteiger partial charge in [-0.2, -0.15) is 0 Å². The molecule has 0 fully saturated rings. The molecule has 4 nitrogen and oxygen atoms in total. The van der Waals surface area contributed by atoms with Crippen LogP contribution in [-0.2, 0) is 10.0 Å². The van der Waals surface area contributed by atoms with Gasteiger partial charge >= 0.3 is 0 Å². The Morgan fingerprint density at radius 3 is 2.50 bits per heavy atom. The van der Waals surface area contributed by atoms with Crippen LogP contribution in [0.1, 0.15) is 39.2 Å². The van der Waals surface area contributed by atoms with Crippen LogP contribution in [0, 0.1) is 5.92 Å². The third kappa shape index (κ3) is 5.19. The molecule has 0 amide bonds. The summed E-state index contributed by atoms with van der Waals surface area (Å²) >= 11 is 4.87. The van der Waals surface area contributed by atoms with Crippen molar-refractivity contribution in [2.75, 3.05) is 0 Å². The van der Waals surface area contributed by atoms with Crippen LogP contribution >= 0.6 is 12.2 Å². The monoisotopic (exact) mass is 314 g/mol. The van der Waals surface area contributed by atoms with E-state index >= 15 is 0 Å². The van der Waals surface area contributed by atoms with E-state index in [2.05, 4.69) is 18.6 Å². The molecule has 1 atom stereocenters. The fourth-order valence-electron chi connectivity index (χ4n) is 1.79. The highest BCUT2D eigenvalue weighted by molar-refractivity contribution is 7.89. The minimum absolute atomic E-state index is 0.101. The molecule has 1 unspecified atom stereocenters. The molecule has 6 heteroatoms. The Hall–Kier alpha value is -0.980. The minimum atomic E-state index is -3.53. The van der Waals surface area contributed by atoms with Gasteiger partial charge in [0.1, 0.15) is 4.99 Å². The van der Waals surface area contributed by atoms with E-state index < -0.39 is 10.0 Å². The van der Waals surface area contributed by atoms with Crippen LogP contribution in [0.25, 0.3) is 0 Å². The van der Waals surface area contributed by atoms with Crippen molar-refractivity contribution in [3.8, 4) is 0 Å². The number of hydrogen-bond acceptors (Lipinski definition) is 3. The van der Waals surface area contributed by atoms with Gasteiger partial charge in [0.05, 0.1) is 4.90 Å². The molecule has 0 saturated carbocycles. The Bertz CT molecular complexity index is 568. The van der Waals surface area contributed by atoms with Crippen LogP contribution in [0.5, 0.6) is 0 Å². The van der Waals surface area contributed by atoms with Crippen LogP contribution < -0.4 is 10.5 Å². The maximum Gasteiger partial charge on any atom is 0.240 e. The predicted molar refractivity (Wildman–Crippen MR) is 86.2 cm³/mol. The summed E-state index contributed by atoms with van der Waals surface area (Å²) in [7, 11) is -3.53. The molecule has 0 radical (unpaired) electrons. The molecule has 112 valence electrons. The van der Waals surface area contributed by atoms with Crippen molar-refractivity contribution in [1.82, 2.24) is 4.72 Å². The molecule has 0 heterocycles. The largest absolute Gasteiger partial charge is 0.389 e. The maximum atomic E-state index is 12.3. The summed E-state index contributed by atoms with van der Waals surface area (Å²) in [5.74, 6) is 0.555. The molecular weight excluding hydrogens is 292 g/mol. The SMILES string of the molecule is CC(C)CCC(C)NS(=O)(=O)c1cccc(C(N)=S)c1. The second-order valence-electron chi connectivity index (χ2n) is 5.39. The molecule has 3 N–H and O–H groups in total. The number of hydrogen-bond donors (Lipinski definition) is 2. The molecular formula is C14H22N2O2S2. The number of rotatable bonds is 7. The molecule has 0 aliphatic rings. The van der Waals surface area contributed by atoms with Gasteiger partial charge in [0.15, 0.2) is 0 Å². The third-order valence-corrected chi connectivity index (χ3v) is 4.79. The topological polar surface area (TPSA) is 72.2 Å². The van der Waals surface area contributed by atoms with Gasteiger partial charge in [0.25, 0.3) is 0 Å². The van der Waals surface area contributed by atoms with Gasteiger partial charge in [-0.25, -0.2) is 13.1 Å². The quantitative estimate of drug-likeness (QED) is 0.758. The summed E-state index contributed by atoms with van der Waals surface area (Å²) in [5, 5.41) is 0. The number of benzene rings is 1. The molecule has 0 aliphatic carbocycles. The highest BCUT2D eigenvalue weighted by Gasteiger charge is 2.18. The van der Waals surface area contributed by atoms with E-state index in [0.717, 1.165) is 12.8 Å². The van der Waals surface area contributed by atoms with Gasteiger partial charge < -0.3 is 5.73 Å². The van der Waals surface area contributed by atoms with E-state index in [1.54, 1.807) is 18.2 Å². The zero-order valence-electron chi connectivity index (χ0n) is 12.1. The van der Waals surface area contributed by atoms with Gasteiger partial charge in [0.2, 0.25) is 10.0 Å². The van der Waals surface area contributed by atoms with Crippen molar-refractivity contribution < 1.29 is 8.42 Å². The molecule has 0 aliphatic heterocycles. The van der Waals surface area contributed by atoms with Crippen molar-refractivity contribution in [3.05, 3.63) is 29.8 Å². The van der Waals surface area contributed by atoms with Crippen molar-refractivity contribution in [2.24, 2.45) is 11.7 Å². The van der Waals surface area contributed by atoms with Crippen molar-refractivity contribution in [1.29, 1.82) is 0 Å². The fourth-order valence-corrected chi connectivity index (χ4v) is 3.24. The molecule has 0 aromatic heterocycles. The second kappa shape index (κ2) is 7.15. The van der Waals surface area contributed by atoms with Crippen LogP contribution in [0.15, 0.2) is 29.2 Å². The van der Waals surface area contributed by atoms with E-state index in [4.69, 9.17) is 18.0 Å². The van der Waals surface area contributed by atoms with Crippen LogP contribution in [0.4, 0.5) is 0 Å². The average Bonchev–Trinajstić information content (AvgIpc) is 2.36. The van der Waals surface area contributed by atoms with Crippen molar-refractivity contribution in [2.45, 2.75) is 44.6 Å². The van der Waals surface area contributed by atoms with Gasteiger partial charge in [0, 0.05) is 11.6 Å². The van der Waals surface area contributed by atoms with E-state index in [9.17, 15) is 8.42 Å². The summed E-state index contributed by atoms with van der Waals surface area (Å²) in [6.07, 6.45) is 1.79. The maximum absolute atomic E-state index is 12.3. The molecule has 1 aromatic rings. The summed E-state index contributed by atoms with van der Waals surface area (Å²) in [5.41, 5.74) is 6.08. The van der Waals surface area contributed by atoms with Crippen molar-refractivity contribution in [3.63, 3.8) is 0 Å². The summed E-state index contributed by atoms with van der Waals surface area (Å²) in [6, 6.07) is 6.28. The van der Waals surface area contributed by atoms with E-state index in [0.29, 0.717) is 11.5 Å². The highest BCUT2D eigenvalue weighted by atomic mass is 32.2. The normalized spacial score (nSPS) is 13.4. The van der Waals surface area contributed by atoms with E-state index in [1.807, 2.05) is 6.92 Å². The first-order chi connectivity index (χ1) is 9.22. The minimum Gasteiger partial charge on any atom is -0.389 e. The molecule has 20 heavy (non-hydrogen) atoms. The fraction of sp³-hybridized carbons (Fsp3) is 0.500. The predicted octanol–water partition coefficient (Wildman–Crippen LogP) is 2.42. The lowest BCUT2D eigenvalue weighted by Gasteiger charge is -2.15. The lowest BCUT2D eigenvalue weighted by atomic mass is 10.1. The zero-order chi connectivity index (χ0) is 15.3. The van der Waals surface area contributed by atoms with Crippen LogP contribution in [0.2, 0.25) is 0 Å². The van der Waals surface area contributed by atoms with Crippen molar-refractivity contribution >= 4 is 27.2 Å². The zero-order valence-corrected chi connectivity index (χ0v) is 13.7. The van der Waals surface area contributed by atoms with Crippen LogP contribution in [0.3, 0.4) is 0 Å². The van der Waals surface area contributed by atoms with E-state index in [-0.39, 0.29) is 15.9 Å². The second-order valence-corrected chi connectivity index (χ2v) is 7.54. The molecule has 0 bridgehead atoms. The Kier molecular flexibility index (Phi) is 6.10. The van der Waals surface area contributed by atoms with Gasteiger partial charge in [-0.3, -0.25) is 0 Å². The number of sulfonamides is 1. The number of nitrogens with one attached hydrogen (secondary N) is 1. The lowest BCUT2D eigenvalue weighted by molar-refractivity contribution is 0.485.